The first-order valence-corrected chi connectivity index (χ1v) is 5.49. The molecule has 0 bridgehead atoms. The highest BCUT2D eigenvalue weighted by molar-refractivity contribution is 5.38. The number of hydrogen-bond donors (Lipinski definition) is 1. The Kier molecular flexibility index (Phi) is 3.40. The summed E-state index contributed by atoms with van der Waals surface area (Å²) in [5, 5.41) is 3.05. The summed E-state index contributed by atoms with van der Waals surface area (Å²) in [6.07, 6.45) is -4.84. The number of morpholine rings is 1. The van der Waals surface area contributed by atoms with Crippen LogP contribution in [0.15, 0.2) is 18.2 Å². The maximum absolute atomic E-state index is 12.9. The van der Waals surface area contributed by atoms with Crippen LogP contribution in [0.3, 0.4) is 0 Å². The molecule has 1 atom stereocenters. The Morgan fingerprint density at radius 2 is 2.12 bits per heavy atom. The van der Waals surface area contributed by atoms with Gasteiger partial charge in [0.1, 0.15) is 0 Å². The van der Waals surface area contributed by atoms with E-state index in [1.165, 1.54) is 6.07 Å². The van der Waals surface area contributed by atoms with Crippen LogP contribution >= 0.6 is 0 Å². The van der Waals surface area contributed by atoms with Crippen LogP contribution in [0, 0.1) is 6.92 Å². The van der Waals surface area contributed by atoms with E-state index in [9.17, 15) is 13.2 Å². The Labute approximate surface area is 97.8 Å². The lowest BCUT2D eigenvalue weighted by molar-refractivity contribution is -0.139. The van der Waals surface area contributed by atoms with Gasteiger partial charge in [-0.1, -0.05) is 12.1 Å². The molecule has 0 radical (unpaired) electrons. The van der Waals surface area contributed by atoms with E-state index in [1.807, 2.05) is 0 Å². The maximum Gasteiger partial charge on any atom is 0.416 e. The number of nitrogens with one attached hydrogen (secondary N) is 1. The topological polar surface area (TPSA) is 21.3 Å². The molecule has 1 aliphatic rings. The number of halogens is 3. The van der Waals surface area contributed by atoms with E-state index in [-0.39, 0.29) is 5.56 Å². The molecule has 17 heavy (non-hydrogen) atoms. The Morgan fingerprint density at radius 1 is 1.35 bits per heavy atom. The van der Waals surface area contributed by atoms with Crippen LogP contribution in [0.1, 0.15) is 22.8 Å². The van der Waals surface area contributed by atoms with E-state index in [0.29, 0.717) is 25.3 Å². The standard InChI is InChI=1S/C12H14F3NO/c1-8-3-2-4-9(12(13,14)15)11(8)10-7-16-5-6-17-10/h2-4,10,16H,5-7H2,1H3. The van der Waals surface area contributed by atoms with Crippen LogP contribution in [0.4, 0.5) is 13.2 Å². The first kappa shape index (κ1) is 12.4. The molecule has 0 spiro atoms. The fraction of sp³-hybridized carbons (Fsp3) is 0.500. The van der Waals surface area contributed by atoms with E-state index in [0.717, 1.165) is 6.07 Å². The first-order chi connectivity index (χ1) is 8.00. The second-order valence-corrected chi connectivity index (χ2v) is 4.10. The average molecular weight is 245 g/mol. The second kappa shape index (κ2) is 4.66. The fourth-order valence-corrected chi connectivity index (χ4v) is 2.11. The molecule has 0 amide bonds. The Balaban J connectivity index is 2.43. The Hall–Kier alpha value is -1.07. The quantitative estimate of drug-likeness (QED) is 0.821. The van der Waals surface area contributed by atoms with Gasteiger partial charge >= 0.3 is 6.18 Å². The van der Waals surface area contributed by atoms with Crippen LogP contribution in [-0.4, -0.2) is 19.7 Å². The first-order valence-electron chi connectivity index (χ1n) is 5.49. The zero-order chi connectivity index (χ0) is 12.5. The van der Waals surface area contributed by atoms with Gasteiger partial charge in [-0.05, 0) is 24.1 Å². The summed E-state index contributed by atoms with van der Waals surface area (Å²) in [5.41, 5.74) is 0.284. The summed E-state index contributed by atoms with van der Waals surface area (Å²) < 4.78 is 44.1. The van der Waals surface area contributed by atoms with Gasteiger partial charge in [0.25, 0.3) is 0 Å². The number of alkyl halides is 3. The van der Waals surface area contributed by atoms with E-state index in [2.05, 4.69) is 5.32 Å². The third-order valence-corrected chi connectivity index (χ3v) is 2.88. The lowest BCUT2D eigenvalue weighted by Gasteiger charge is -2.27. The molecule has 2 rings (SSSR count). The van der Waals surface area contributed by atoms with Crippen LogP contribution in [0.2, 0.25) is 0 Å². The summed E-state index contributed by atoms with van der Waals surface area (Å²) >= 11 is 0. The van der Waals surface area contributed by atoms with Gasteiger partial charge in [-0.2, -0.15) is 13.2 Å². The third kappa shape index (κ3) is 2.61. The van der Waals surface area contributed by atoms with Crippen LogP contribution in [-0.2, 0) is 10.9 Å². The van der Waals surface area contributed by atoms with Crippen molar-refractivity contribution < 1.29 is 17.9 Å². The van der Waals surface area contributed by atoms with Gasteiger partial charge in [0.2, 0.25) is 0 Å². The highest BCUT2D eigenvalue weighted by Gasteiger charge is 2.36. The molecular formula is C12H14F3NO. The third-order valence-electron chi connectivity index (χ3n) is 2.88. The molecule has 2 nitrogen and oxygen atoms in total. The molecular weight excluding hydrogens is 231 g/mol. The zero-order valence-electron chi connectivity index (χ0n) is 9.47. The van der Waals surface area contributed by atoms with Gasteiger partial charge in [-0.25, -0.2) is 0 Å². The van der Waals surface area contributed by atoms with Crippen molar-refractivity contribution in [3.8, 4) is 0 Å². The fourth-order valence-electron chi connectivity index (χ4n) is 2.11. The highest BCUT2D eigenvalue weighted by Crippen LogP contribution is 2.37. The van der Waals surface area contributed by atoms with Crippen molar-refractivity contribution in [1.29, 1.82) is 0 Å². The molecule has 0 aliphatic carbocycles. The van der Waals surface area contributed by atoms with Gasteiger partial charge in [-0.15, -0.1) is 0 Å². The Bertz CT molecular complexity index is 397. The van der Waals surface area contributed by atoms with Crippen molar-refractivity contribution in [1.82, 2.24) is 5.32 Å². The van der Waals surface area contributed by atoms with Gasteiger partial charge in [0.15, 0.2) is 0 Å². The highest BCUT2D eigenvalue weighted by atomic mass is 19.4. The maximum atomic E-state index is 12.9. The van der Waals surface area contributed by atoms with Crippen molar-refractivity contribution in [2.24, 2.45) is 0 Å². The van der Waals surface area contributed by atoms with Crippen LogP contribution in [0.5, 0.6) is 0 Å². The predicted octanol–water partition coefficient (Wildman–Crippen LogP) is 2.67. The summed E-state index contributed by atoms with van der Waals surface area (Å²) in [6.45, 7) is 3.23. The van der Waals surface area contributed by atoms with Crippen molar-refractivity contribution in [2.45, 2.75) is 19.2 Å². The SMILES string of the molecule is Cc1cccc(C(F)(F)F)c1C1CNCCO1. The molecule has 0 aromatic heterocycles. The van der Waals surface area contributed by atoms with E-state index >= 15 is 0 Å². The molecule has 5 heteroatoms. The minimum Gasteiger partial charge on any atom is -0.371 e. The normalized spacial score (nSPS) is 21.5. The second-order valence-electron chi connectivity index (χ2n) is 4.10. The molecule has 1 fully saturated rings. The molecule has 1 N–H and O–H groups in total. The molecule has 1 heterocycles. The molecule has 0 saturated carbocycles. The van der Waals surface area contributed by atoms with Gasteiger partial charge in [0.05, 0.1) is 18.3 Å². The van der Waals surface area contributed by atoms with E-state index in [1.54, 1.807) is 13.0 Å². The van der Waals surface area contributed by atoms with Gasteiger partial charge < -0.3 is 10.1 Å². The monoisotopic (exact) mass is 245 g/mol. The summed E-state index contributed by atoms with van der Waals surface area (Å²) in [4.78, 5) is 0. The molecule has 94 valence electrons. The molecule has 1 aliphatic heterocycles. The largest absolute Gasteiger partial charge is 0.416 e. The minimum atomic E-state index is -4.33. The lowest BCUT2D eigenvalue weighted by atomic mass is 9.96. The number of benzene rings is 1. The summed E-state index contributed by atoms with van der Waals surface area (Å²) in [5.74, 6) is 0. The zero-order valence-corrected chi connectivity index (χ0v) is 9.47. The van der Waals surface area contributed by atoms with Crippen molar-refractivity contribution in [3.63, 3.8) is 0 Å². The van der Waals surface area contributed by atoms with Gasteiger partial charge in [-0.3, -0.25) is 0 Å². The Morgan fingerprint density at radius 3 is 2.71 bits per heavy atom. The van der Waals surface area contributed by atoms with E-state index in [4.69, 9.17) is 4.74 Å². The molecule has 1 saturated heterocycles. The lowest BCUT2D eigenvalue weighted by Crippen LogP contribution is -2.34. The summed E-state index contributed by atoms with van der Waals surface area (Å²) in [7, 11) is 0. The predicted molar refractivity (Wildman–Crippen MR) is 57.7 cm³/mol. The number of aryl methyl sites for hydroxylation is 1. The smallest absolute Gasteiger partial charge is 0.371 e. The minimum absolute atomic E-state index is 0.257. The van der Waals surface area contributed by atoms with Crippen molar-refractivity contribution in [2.75, 3.05) is 19.7 Å². The molecule has 1 unspecified atom stereocenters. The van der Waals surface area contributed by atoms with Crippen molar-refractivity contribution in [3.05, 3.63) is 34.9 Å². The van der Waals surface area contributed by atoms with Crippen LogP contribution in [0.25, 0.3) is 0 Å². The number of hydrogen-bond acceptors (Lipinski definition) is 2. The number of rotatable bonds is 1. The van der Waals surface area contributed by atoms with Crippen LogP contribution < -0.4 is 5.32 Å². The van der Waals surface area contributed by atoms with E-state index < -0.39 is 17.8 Å². The molecule has 1 aromatic rings. The van der Waals surface area contributed by atoms with Gasteiger partial charge in [0, 0.05) is 13.1 Å². The molecule has 1 aromatic carbocycles. The average Bonchev–Trinajstić information content (AvgIpc) is 2.28. The summed E-state index contributed by atoms with van der Waals surface area (Å²) in [6, 6.07) is 4.22. The van der Waals surface area contributed by atoms with Crippen molar-refractivity contribution >= 4 is 0 Å². The number of ether oxygens (including phenoxy) is 1.